The van der Waals surface area contributed by atoms with Crippen molar-refractivity contribution in [3.63, 3.8) is 0 Å². The molecule has 0 saturated carbocycles. The number of benzene rings is 1. The Morgan fingerprint density at radius 2 is 1.81 bits per heavy atom. The van der Waals surface area contributed by atoms with Crippen LogP contribution in [0.1, 0.15) is 0 Å². The van der Waals surface area contributed by atoms with Gasteiger partial charge in [0.05, 0.1) is 12.5 Å². The smallest absolute Gasteiger partial charge is 0.159 e. The van der Waals surface area contributed by atoms with E-state index in [2.05, 4.69) is 10.2 Å². The average molecular weight is 231 g/mol. The molecule has 0 fully saturated rings. The molecule has 0 radical (unpaired) electrons. The molecule has 0 amide bonds. The van der Waals surface area contributed by atoms with Crippen molar-refractivity contribution in [2.45, 2.75) is 0 Å². The standard InChI is InChI=1S/C12H7ClN2O/c13-12-10-4-2-1-3-9(10)11(14-15-12)8-5-6-16-7-8/h1-7H. The van der Waals surface area contributed by atoms with Gasteiger partial charge in [-0.2, -0.15) is 0 Å². The molecule has 0 bridgehead atoms. The van der Waals surface area contributed by atoms with E-state index < -0.39 is 0 Å². The van der Waals surface area contributed by atoms with Crippen LogP contribution in [0.15, 0.2) is 47.3 Å². The maximum absolute atomic E-state index is 5.99. The van der Waals surface area contributed by atoms with Crippen LogP contribution in [-0.2, 0) is 0 Å². The van der Waals surface area contributed by atoms with Crippen LogP contribution in [-0.4, -0.2) is 10.2 Å². The minimum absolute atomic E-state index is 0.419. The third kappa shape index (κ3) is 1.37. The highest BCUT2D eigenvalue weighted by molar-refractivity contribution is 6.34. The Balaban J connectivity index is 2.39. The molecule has 0 aliphatic heterocycles. The van der Waals surface area contributed by atoms with E-state index in [9.17, 15) is 0 Å². The first-order valence-corrected chi connectivity index (χ1v) is 5.17. The second kappa shape index (κ2) is 3.61. The molecule has 2 heterocycles. The van der Waals surface area contributed by atoms with Crippen molar-refractivity contribution in [1.82, 2.24) is 10.2 Å². The van der Waals surface area contributed by atoms with Crippen molar-refractivity contribution in [1.29, 1.82) is 0 Å². The maximum atomic E-state index is 5.99. The number of aromatic nitrogens is 2. The van der Waals surface area contributed by atoms with Gasteiger partial charge in [-0.15, -0.1) is 10.2 Å². The van der Waals surface area contributed by atoms with E-state index in [1.54, 1.807) is 12.5 Å². The lowest BCUT2D eigenvalue weighted by atomic mass is 10.1. The van der Waals surface area contributed by atoms with E-state index in [-0.39, 0.29) is 0 Å². The normalized spacial score (nSPS) is 10.8. The van der Waals surface area contributed by atoms with Gasteiger partial charge in [-0.25, -0.2) is 0 Å². The van der Waals surface area contributed by atoms with Crippen LogP contribution in [0.25, 0.3) is 22.0 Å². The summed E-state index contributed by atoms with van der Waals surface area (Å²) in [4.78, 5) is 0. The Kier molecular flexibility index (Phi) is 2.11. The van der Waals surface area contributed by atoms with Crippen molar-refractivity contribution in [2.24, 2.45) is 0 Å². The predicted molar refractivity (Wildman–Crippen MR) is 62.3 cm³/mol. The molecule has 0 N–H and O–H groups in total. The lowest BCUT2D eigenvalue weighted by molar-refractivity contribution is 0.568. The van der Waals surface area contributed by atoms with Crippen LogP contribution in [0.2, 0.25) is 5.15 Å². The highest BCUT2D eigenvalue weighted by Gasteiger charge is 2.09. The maximum Gasteiger partial charge on any atom is 0.159 e. The monoisotopic (exact) mass is 230 g/mol. The number of furan rings is 1. The topological polar surface area (TPSA) is 38.9 Å². The third-order valence-electron chi connectivity index (χ3n) is 2.44. The molecule has 4 heteroatoms. The quantitative estimate of drug-likeness (QED) is 0.642. The van der Waals surface area contributed by atoms with Gasteiger partial charge in [0.2, 0.25) is 0 Å². The Morgan fingerprint density at radius 3 is 2.56 bits per heavy atom. The molecule has 0 aliphatic rings. The minimum atomic E-state index is 0.419. The molecular weight excluding hydrogens is 224 g/mol. The summed E-state index contributed by atoms with van der Waals surface area (Å²) in [6, 6.07) is 9.62. The van der Waals surface area contributed by atoms with Gasteiger partial charge in [0.25, 0.3) is 0 Å². The van der Waals surface area contributed by atoms with Gasteiger partial charge in [-0.3, -0.25) is 0 Å². The number of halogens is 1. The van der Waals surface area contributed by atoms with Crippen molar-refractivity contribution in [3.05, 3.63) is 48.0 Å². The molecule has 0 spiro atoms. The molecule has 16 heavy (non-hydrogen) atoms. The molecular formula is C12H7ClN2O. The van der Waals surface area contributed by atoms with Gasteiger partial charge >= 0.3 is 0 Å². The third-order valence-corrected chi connectivity index (χ3v) is 2.72. The molecule has 0 saturated heterocycles. The summed E-state index contributed by atoms with van der Waals surface area (Å²) in [6.45, 7) is 0. The fourth-order valence-electron chi connectivity index (χ4n) is 1.68. The summed E-state index contributed by atoms with van der Waals surface area (Å²) in [7, 11) is 0. The summed E-state index contributed by atoms with van der Waals surface area (Å²) < 4.78 is 5.05. The summed E-state index contributed by atoms with van der Waals surface area (Å²) >= 11 is 5.99. The summed E-state index contributed by atoms with van der Waals surface area (Å²) in [5, 5.41) is 10.3. The van der Waals surface area contributed by atoms with Crippen LogP contribution < -0.4 is 0 Å². The van der Waals surface area contributed by atoms with Gasteiger partial charge in [0, 0.05) is 16.3 Å². The lowest BCUT2D eigenvalue weighted by Gasteiger charge is -2.03. The van der Waals surface area contributed by atoms with Crippen LogP contribution in [0, 0.1) is 0 Å². The SMILES string of the molecule is Clc1nnc(-c2ccoc2)c2ccccc12. The van der Waals surface area contributed by atoms with Gasteiger partial charge < -0.3 is 4.42 Å². The fourth-order valence-corrected chi connectivity index (χ4v) is 1.89. The van der Waals surface area contributed by atoms with Crippen LogP contribution in [0.5, 0.6) is 0 Å². The largest absolute Gasteiger partial charge is 0.472 e. The van der Waals surface area contributed by atoms with Crippen molar-refractivity contribution in [2.75, 3.05) is 0 Å². The Labute approximate surface area is 96.7 Å². The van der Waals surface area contributed by atoms with Crippen LogP contribution in [0.3, 0.4) is 0 Å². The fraction of sp³-hybridized carbons (Fsp3) is 0. The van der Waals surface area contributed by atoms with E-state index in [0.717, 1.165) is 22.0 Å². The molecule has 3 rings (SSSR count). The van der Waals surface area contributed by atoms with Gasteiger partial charge in [0.15, 0.2) is 5.15 Å². The molecule has 3 nitrogen and oxygen atoms in total. The molecule has 0 atom stereocenters. The summed E-state index contributed by atoms with van der Waals surface area (Å²) in [5.74, 6) is 0. The van der Waals surface area contributed by atoms with Crippen molar-refractivity contribution < 1.29 is 4.42 Å². The van der Waals surface area contributed by atoms with Crippen LogP contribution in [0.4, 0.5) is 0 Å². The van der Waals surface area contributed by atoms with Gasteiger partial charge in [-0.1, -0.05) is 35.9 Å². The molecule has 1 aromatic carbocycles. The Hall–Kier alpha value is -1.87. The zero-order valence-corrected chi connectivity index (χ0v) is 8.98. The van der Waals surface area contributed by atoms with E-state index in [0.29, 0.717) is 5.15 Å². The first-order valence-electron chi connectivity index (χ1n) is 4.80. The first-order chi connectivity index (χ1) is 7.86. The number of hydrogen-bond donors (Lipinski definition) is 0. The first kappa shape index (κ1) is 9.36. The highest BCUT2D eigenvalue weighted by atomic mass is 35.5. The lowest BCUT2D eigenvalue weighted by Crippen LogP contribution is -1.90. The molecule has 3 aromatic rings. The zero-order chi connectivity index (χ0) is 11.0. The minimum Gasteiger partial charge on any atom is -0.472 e. The summed E-state index contributed by atoms with van der Waals surface area (Å²) in [6.07, 6.45) is 3.25. The Bertz CT molecular complexity index is 635. The molecule has 0 unspecified atom stereocenters. The Morgan fingerprint density at radius 1 is 1.00 bits per heavy atom. The van der Waals surface area contributed by atoms with E-state index in [1.807, 2.05) is 30.3 Å². The zero-order valence-electron chi connectivity index (χ0n) is 8.22. The number of rotatable bonds is 1. The number of nitrogens with zero attached hydrogens (tertiary/aromatic N) is 2. The molecule has 78 valence electrons. The molecule has 2 aromatic heterocycles. The predicted octanol–water partition coefficient (Wildman–Crippen LogP) is 3.54. The highest BCUT2D eigenvalue weighted by Crippen LogP contribution is 2.29. The van der Waals surface area contributed by atoms with Crippen LogP contribution >= 0.6 is 11.6 Å². The van der Waals surface area contributed by atoms with Gasteiger partial charge in [0.1, 0.15) is 5.69 Å². The van der Waals surface area contributed by atoms with E-state index in [4.69, 9.17) is 16.0 Å². The van der Waals surface area contributed by atoms with E-state index in [1.165, 1.54) is 0 Å². The van der Waals surface area contributed by atoms with Crippen molar-refractivity contribution in [3.8, 4) is 11.3 Å². The molecule has 0 aliphatic carbocycles. The van der Waals surface area contributed by atoms with Crippen molar-refractivity contribution >= 4 is 22.4 Å². The second-order valence-corrected chi connectivity index (χ2v) is 3.76. The summed E-state index contributed by atoms with van der Waals surface area (Å²) in [5.41, 5.74) is 1.69. The van der Waals surface area contributed by atoms with E-state index >= 15 is 0 Å². The second-order valence-electron chi connectivity index (χ2n) is 3.40. The van der Waals surface area contributed by atoms with Gasteiger partial charge in [-0.05, 0) is 6.07 Å². The number of hydrogen-bond acceptors (Lipinski definition) is 3. The average Bonchev–Trinajstić information content (AvgIpc) is 2.83. The number of fused-ring (bicyclic) bond motifs is 1.